The number of nitrogens with one attached hydrogen (secondary N) is 1. The smallest absolute Gasteiger partial charge is 0.257 e. The van der Waals surface area contributed by atoms with E-state index in [0.717, 1.165) is 37.2 Å². The first kappa shape index (κ1) is 22.6. The lowest BCUT2D eigenvalue weighted by atomic mass is 10.1. The molecule has 0 saturated carbocycles. The molecule has 0 aliphatic carbocycles. The Labute approximate surface area is 183 Å². The van der Waals surface area contributed by atoms with Crippen LogP contribution in [0, 0.1) is 6.92 Å². The van der Waals surface area contributed by atoms with Crippen molar-refractivity contribution >= 4 is 38.9 Å². The van der Waals surface area contributed by atoms with Crippen LogP contribution < -0.4 is 10.2 Å². The fraction of sp³-hybridized carbons (Fsp3) is 0.409. The molecule has 1 aliphatic rings. The fourth-order valence-corrected chi connectivity index (χ4v) is 5.40. The highest BCUT2D eigenvalue weighted by molar-refractivity contribution is 7.89. The van der Waals surface area contributed by atoms with E-state index in [0.29, 0.717) is 29.4 Å². The van der Waals surface area contributed by atoms with Crippen LogP contribution in [0.3, 0.4) is 0 Å². The Kier molecular flexibility index (Phi) is 7.06. The van der Waals surface area contributed by atoms with Crippen molar-refractivity contribution in [2.24, 2.45) is 0 Å². The fourth-order valence-electron chi connectivity index (χ4n) is 3.74. The molecule has 0 atom stereocenters. The first-order valence-corrected chi connectivity index (χ1v) is 12.1. The van der Waals surface area contributed by atoms with Crippen molar-refractivity contribution in [3.63, 3.8) is 0 Å². The number of sulfonamides is 1. The van der Waals surface area contributed by atoms with Gasteiger partial charge in [-0.3, -0.25) is 4.79 Å². The van der Waals surface area contributed by atoms with Gasteiger partial charge in [-0.05, 0) is 55.7 Å². The molecule has 0 aromatic heterocycles. The molecule has 1 heterocycles. The lowest BCUT2D eigenvalue weighted by molar-refractivity contribution is 0.102. The Morgan fingerprint density at radius 2 is 1.80 bits per heavy atom. The van der Waals surface area contributed by atoms with Crippen molar-refractivity contribution in [1.29, 1.82) is 0 Å². The van der Waals surface area contributed by atoms with Gasteiger partial charge in [0.2, 0.25) is 10.0 Å². The summed E-state index contributed by atoms with van der Waals surface area (Å²) in [5.41, 5.74) is 2.48. The Morgan fingerprint density at radius 1 is 1.13 bits per heavy atom. The maximum atomic E-state index is 13.3. The van der Waals surface area contributed by atoms with Crippen LogP contribution in [0.15, 0.2) is 41.3 Å². The van der Waals surface area contributed by atoms with Crippen molar-refractivity contribution in [1.82, 2.24) is 4.31 Å². The number of carbonyl (C=O) groups excluding carboxylic acids is 1. The van der Waals surface area contributed by atoms with Gasteiger partial charge >= 0.3 is 0 Å². The summed E-state index contributed by atoms with van der Waals surface area (Å²) in [4.78, 5) is 15.5. The normalized spacial score (nSPS) is 14.4. The van der Waals surface area contributed by atoms with Gasteiger partial charge in [-0.15, -0.1) is 0 Å². The summed E-state index contributed by atoms with van der Waals surface area (Å²) < 4.78 is 27.4. The molecule has 6 nitrogen and oxygen atoms in total. The molecule has 3 rings (SSSR count). The molecular formula is C22H28ClN3O3S. The number of carbonyl (C=O) groups is 1. The van der Waals surface area contributed by atoms with Gasteiger partial charge in [-0.1, -0.05) is 31.5 Å². The topological polar surface area (TPSA) is 69.7 Å². The Morgan fingerprint density at radius 3 is 2.43 bits per heavy atom. The first-order chi connectivity index (χ1) is 14.3. The van der Waals surface area contributed by atoms with Gasteiger partial charge in [-0.2, -0.15) is 4.31 Å². The summed E-state index contributed by atoms with van der Waals surface area (Å²) in [6.07, 6.45) is 2.10. The van der Waals surface area contributed by atoms with E-state index in [9.17, 15) is 13.2 Å². The summed E-state index contributed by atoms with van der Waals surface area (Å²) in [7, 11) is -3.67. The second-order valence-corrected chi connectivity index (χ2v) is 9.67. The molecule has 2 aromatic rings. The summed E-state index contributed by atoms with van der Waals surface area (Å²) in [6.45, 7) is 7.87. The number of hydrogen-bond acceptors (Lipinski definition) is 4. The quantitative estimate of drug-likeness (QED) is 0.674. The average molecular weight is 450 g/mol. The van der Waals surface area contributed by atoms with E-state index in [2.05, 4.69) is 10.2 Å². The number of benzene rings is 2. The standard InChI is InChI=1S/C22H28ClN3O3S/c1-4-26(5-2)30(28,29)17-11-12-21(25-13-6-7-14-25)18(15-17)22(27)24-20-10-8-9-19(23)16(20)3/h8-12,15H,4-7,13-14H2,1-3H3,(H,24,27). The lowest BCUT2D eigenvalue weighted by Crippen LogP contribution is -2.31. The maximum absolute atomic E-state index is 13.3. The van der Waals surface area contributed by atoms with Crippen LogP contribution in [-0.4, -0.2) is 44.8 Å². The number of hydrogen-bond donors (Lipinski definition) is 1. The Bertz CT molecular complexity index is 1030. The molecular weight excluding hydrogens is 422 g/mol. The molecule has 0 radical (unpaired) electrons. The number of amides is 1. The number of halogens is 1. The molecule has 0 bridgehead atoms. The zero-order chi connectivity index (χ0) is 21.9. The molecule has 1 aliphatic heterocycles. The van der Waals surface area contributed by atoms with Crippen LogP contribution in [0.5, 0.6) is 0 Å². The SMILES string of the molecule is CCN(CC)S(=O)(=O)c1ccc(N2CCCC2)c(C(=O)Nc2cccc(Cl)c2C)c1. The molecule has 1 N–H and O–H groups in total. The number of nitrogens with zero attached hydrogens (tertiary/aromatic N) is 2. The predicted octanol–water partition coefficient (Wildman–Crippen LogP) is 4.53. The van der Waals surface area contributed by atoms with E-state index < -0.39 is 10.0 Å². The number of rotatable bonds is 7. The van der Waals surface area contributed by atoms with E-state index >= 15 is 0 Å². The minimum atomic E-state index is -3.67. The van der Waals surface area contributed by atoms with Gasteiger partial charge in [0.15, 0.2) is 0 Å². The van der Waals surface area contributed by atoms with E-state index in [-0.39, 0.29) is 10.8 Å². The van der Waals surface area contributed by atoms with Gasteiger partial charge in [0.1, 0.15) is 0 Å². The van der Waals surface area contributed by atoms with E-state index in [1.807, 2.05) is 6.92 Å². The van der Waals surface area contributed by atoms with Crippen LogP contribution in [0.2, 0.25) is 5.02 Å². The monoisotopic (exact) mass is 449 g/mol. The van der Waals surface area contributed by atoms with Crippen molar-refractivity contribution < 1.29 is 13.2 Å². The van der Waals surface area contributed by atoms with Crippen molar-refractivity contribution in [2.45, 2.75) is 38.5 Å². The summed E-state index contributed by atoms with van der Waals surface area (Å²) in [6, 6.07) is 10.2. The largest absolute Gasteiger partial charge is 0.371 e. The third-order valence-corrected chi connectivity index (χ3v) is 7.97. The summed E-state index contributed by atoms with van der Waals surface area (Å²) in [5, 5.41) is 3.47. The molecule has 1 fully saturated rings. The van der Waals surface area contributed by atoms with Crippen LogP contribution in [0.4, 0.5) is 11.4 Å². The van der Waals surface area contributed by atoms with Gasteiger partial charge < -0.3 is 10.2 Å². The highest BCUT2D eigenvalue weighted by Crippen LogP contribution is 2.30. The highest BCUT2D eigenvalue weighted by Gasteiger charge is 2.26. The van der Waals surface area contributed by atoms with Crippen LogP contribution in [0.25, 0.3) is 0 Å². The summed E-state index contributed by atoms with van der Waals surface area (Å²) >= 11 is 6.19. The van der Waals surface area contributed by atoms with Crippen LogP contribution in [-0.2, 0) is 10.0 Å². The minimum Gasteiger partial charge on any atom is -0.371 e. The molecule has 162 valence electrons. The van der Waals surface area contributed by atoms with Crippen LogP contribution >= 0.6 is 11.6 Å². The highest BCUT2D eigenvalue weighted by atomic mass is 35.5. The third kappa shape index (κ3) is 4.48. The minimum absolute atomic E-state index is 0.127. The van der Waals surface area contributed by atoms with Crippen molar-refractivity contribution in [3.8, 4) is 0 Å². The second-order valence-electron chi connectivity index (χ2n) is 7.33. The van der Waals surface area contributed by atoms with Gasteiger partial charge in [0.25, 0.3) is 5.91 Å². The molecule has 1 amide bonds. The van der Waals surface area contributed by atoms with Gasteiger partial charge in [0.05, 0.1) is 10.5 Å². The van der Waals surface area contributed by atoms with Crippen LogP contribution in [0.1, 0.15) is 42.6 Å². The zero-order valence-electron chi connectivity index (χ0n) is 17.6. The Hall–Kier alpha value is -2.09. The second kappa shape index (κ2) is 9.37. The maximum Gasteiger partial charge on any atom is 0.257 e. The summed E-state index contributed by atoms with van der Waals surface area (Å²) in [5.74, 6) is -0.348. The van der Waals surface area contributed by atoms with Crippen molar-refractivity contribution in [3.05, 3.63) is 52.5 Å². The average Bonchev–Trinajstić information content (AvgIpc) is 3.26. The van der Waals surface area contributed by atoms with Gasteiger partial charge in [0, 0.05) is 42.6 Å². The molecule has 8 heteroatoms. The molecule has 0 unspecified atom stereocenters. The molecule has 1 saturated heterocycles. The van der Waals surface area contributed by atoms with Gasteiger partial charge in [-0.25, -0.2) is 8.42 Å². The predicted molar refractivity (Wildman–Crippen MR) is 122 cm³/mol. The molecule has 2 aromatic carbocycles. The molecule has 30 heavy (non-hydrogen) atoms. The Balaban J connectivity index is 2.05. The third-order valence-electron chi connectivity index (χ3n) is 5.52. The lowest BCUT2D eigenvalue weighted by Gasteiger charge is -2.23. The van der Waals surface area contributed by atoms with E-state index in [4.69, 9.17) is 11.6 Å². The first-order valence-electron chi connectivity index (χ1n) is 10.2. The zero-order valence-corrected chi connectivity index (χ0v) is 19.2. The van der Waals surface area contributed by atoms with E-state index in [1.165, 1.54) is 10.4 Å². The van der Waals surface area contributed by atoms with E-state index in [1.54, 1.807) is 44.2 Å². The number of anilines is 2. The van der Waals surface area contributed by atoms with Crippen molar-refractivity contribution in [2.75, 3.05) is 36.4 Å². The molecule has 0 spiro atoms.